The molecule has 2 aromatic carbocycles. The fourth-order valence-electron chi connectivity index (χ4n) is 1.99. The molecule has 2 rings (SSSR count). The molecule has 8 heteroatoms. The summed E-state index contributed by atoms with van der Waals surface area (Å²) in [5.41, 5.74) is -0.757. The molecule has 0 aromatic heterocycles. The summed E-state index contributed by atoms with van der Waals surface area (Å²) in [7, 11) is 0. The molecule has 26 heavy (non-hydrogen) atoms. The van der Waals surface area contributed by atoms with Gasteiger partial charge in [-0.15, -0.1) is 11.6 Å². The molecule has 0 aliphatic heterocycles. The molecule has 0 N–H and O–H groups in total. The molecule has 0 aliphatic carbocycles. The Bertz CT molecular complexity index is 811. The standard InChI is InChI=1S/C18H14ClF3O4/c19-9-2-1-6-15(23)25-11-4-3-5-12(10-11)26-18(24)13-7-8-14(20)17(22)16(13)21/h3-5,7-8,10H,1-2,6,9H2. The van der Waals surface area contributed by atoms with Crippen LogP contribution in [0.2, 0.25) is 0 Å². The monoisotopic (exact) mass is 386 g/mol. The highest BCUT2D eigenvalue weighted by Gasteiger charge is 2.20. The lowest BCUT2D eigenvalue weighted by Crippen LogP contribution is -2.13. The Morgan fingerprint density at radius 1 is 0.923 bits per heavy atom. The zero-order valence-corrected chi connectivity index (χ0v) is 14.2. The van der Waals surface area contributed by atoms with E-state index in [9.17, 15) is 22.8 Å². The number of carbonyl (C=O) groups excluding carboxylic acids is 2. The molecule has 0 amide bonds. The van der Waals surface area contributed by atoms with Gasteiger partial charge in [0, 0.05) is 18.4 Å². The molecule has 138 valence electrons. The highest BCUT2D eigenvalue weighted by Crippen LogP contribution is 2.22. The quantitative estimate of drug-likeness (QED) is 0.229. The van der Waals surface area contributed by atoms with Crippen molar-refractivity contribution in [3.63, 3.8) is 0 Å². The summed E-state index contributed by atoms with van der Waals surface area (Å²) in [6.07, 6.45) is 1.43. The van der Waals surface area contributed by atoms with Gasteiger partial charge in [0.05, 0.1) is 5.56 Å². The predicted molar refractivity (Wildman–Crippen MR) is 87.9 cm³/mol. The Hall–Kier alpha value is -2.54. The molecule has 0 heterocycles. The highest BCUT2D eigenvalue weighted by atomic mass is 35.5. The van der Waals surface area contributed by atoms with E-state index in [4.69, 9.17) is 21.1 Å². The molecule has 0 fully saturated rings. The molecule has 0 spiro atoms. The summed E-state index contributed by atoms with van der Waals surface area (Å²) in [6, 6.07) is 6.92. The number of esters is 2. The number of hydrogen-bond acceptors (Lipinski definition) is 4. The summed E-state index contributed by atoms with van der Waals surface area (Å²) < 4.78 is 49.7. The van der Waals surface area contributed by atoms with E-state index in [1.165, 1.54) is 24.3 Å². The van der Waals surface area contributed by atoms with Gasteiger partial charge < -0.3 is 9.47 Å². The van der Waals surface area contributed by atoms with E-state index in [1.54, 1.807) is 0 Å². The summed E-state index contributed by atoms with van der Waals surface area (Å²) >= 11 is 5.52. The van der Waals surface area contributed by atoms with Gasteiger partial charge in [-0.05, 0) is 37.1 Å². The van der Waals surface area contributed by atoms with E-state index < -0.39 is 35.0 Å². The Morgan fingerprint density at radius 2 is 1.62 bits per heavy atom. The van der Waals surface area contributed by atoms with Crippen LogP contribution in [0.25, 0.3) is 0 Å². The van der Waals surface area contributed by atoms with Crippen molar-refractivity contribution in [3.05, 3.63) is 59.4 Å². The van der Waals surface area contributed by atoms with Crippen LogP contribution in [-0.2, 0) is 4.79 Å². The fraction of sp³-hybridized carbons (Fsp3) is 0.222. The van der Waals surface area contributed by atoms with Gasteiger partial charge in [-0.25, -0.2) is 18.0 Å². The Labute approximate surface area is 152 Å². The van der Waals surface area contributed by atoms with E-state index in [2.05, 4.69) is 0 Å². The lowest BCUT2D eigenvalue weighted by atomic mass is 10.2. The van der Waals surface area contributed by atoms with Crippen LogP contribution < -0.4 is 9.47 Å². The van der Waals surface area contributed by atoms with Crippen LogP contribution in [0.5, 0.6) is 11.5 Å². The summed E-state index contributed by atoms with van der Waals surface area (Å²) in [5, 5.41) is 0. The number of rotatable bonds is 7. The molecular formula is C18H14ClF3O4. The Balaban J connectivity index is 2.05. The van der Waals surface area contributed by atoms with Gasteiger partial charge in [-0.2, -0.15) is 0 Å². The van der Waals surface area contributed by atoms with Crippen molar-refractivity contribution in [3.8, 4) is 11.5 Å². The van der Waals surface area contributed by atoms with E-state index in [-0.39, 0.29) is 17.9 Å². The number of benzene rings is 2. The number of hydrogen-bond donors (Lipinski definition) is 0. The maximum Gasteiger partial charge on any atom is 0.346 e. The predicted octanol–water partition coefficient (Wildman–Crippen LogP) is 4.64. The van der Waals surface area contributed by atoms with Crippen LogP contribution in [0, 0.1) is 17.5 Å². The van der Waals surface area contributed by atoms with Crippen LogP contribution in [0.15, 0.2) is 36.4 Å². The molecular weight excluding hydrogens is 373 g/mol. The van der Waals surface area contributed by atoms with Gasteiger partial charge in [-0.1, -0.05) is 6.07 Å². The van der Waals surface area contributed by atoms with Crippen molar-refractivity contribution in [2.75, 3.05) is 5.88 Å². The first kappa shape index (κ1) is 19.8. The van der Waals surface area contributed by atoms with Gasteiger partial charge in [0.15, 0.2) is 17.5 Å². The first-order valence-electron chi connectivity index (χ1n) is 7.64. The van der Waals surface area contributed by atoms with Crippen molar-refractivity contribution < 1.29 is 32.2 Å². The largest absolute Gasteiger partial charge is 0.426 e. The first-order valence-corrected chi connectivity index (χ1v) is 8.18. The summed E-state index contributed by atoms with van der Waals surface area (Å²) in [5.74, 6) is -6.00. The third-order valence-corrected chi connectivity index (χ3v) is 3.53. The minimum Gasteiger partial charge on any atom is -0.426 e. The van der Waals surface area contributed by atoms with Gasteiger partial charge >= 0.3 is 11.9 Å². The van der Waals surface area contributed by atoms with Crippen molar-refractivity contribution >= 4 is 23.5 Å². The van der Waals surface area contributed by atoms with Crippen molar-refractivity contribution in [2.45, 2.75) is 19.3 Å². The van der Waals surface area contributed by atoms with Gasteiger partial charge in [0.25, 0.3) is 0 Å². The normalized spacial score (nSPS) is 10.5. The third kappa shape index (κ3) is 5.23. The van der Waals surface area contributed by atoms with E-state index in [0.717, 1.165) is 6.07 Å². The number of halogens is 4. The zero-order chi connectivity index (χ0) is 19.1. The molecule has 0 saturated heterocycles. The molecule has 0 saturated carbocycles. The maximum absolute atomic E-state index is 13.6. The Kier molecular flexibility index (Phi) is 7.03. The van der Waals surface area contributed by atoms with Crippen LogP contribution in [0.4, 0.5) is 13.2 Å². The number of unbranched alkanes of at least 4 members (excludes halogenated alkanes) is 1. The average Bonchev–Trinajstić information content (AvgIpc) is 2.60. The van der Waals surface area contributed by atoms with Crippen molar-refractivity contribution in [1.29, 1.82) is 0 Å². The second kappa shape index (κ2) is 9.24. The van der Waals surface area contributed by atoms with Gasteiger partial charge in [-0.3, -0.25) is 4.79 Å². The number of carbonyl (C=O) groups is 2. The van der Waals surface area contributed by atoms with Crippen LogP contribution in [-0.4, -0.2) is 17.8 Å². The Morgan fingerprint density at radius 3 is 2.31 bits per heavy atom. The van der Waals surface area contributed by atoms with E-state index in [1.807, 2.05) is 0 Å². The lowest BCUT2D eigenvalue weighted by Gasteiger charge is -2.08. The van der Waals surface area contributed by atoms with E-state index >= 15 is 0 Å². The molecule has 0 aliphatic rings. The zero-order valence-electron chi connectivity index (χ0n) is 13.4. The summed E-state index contributed by atoms with van der Waals surface area (Å²) in [4.78, 5) is 23.6. The SMILES string of the molecule is O=C(CCCCCl)Oc1cccc(OC(=O)c2ccc(F)c(F)c2F)c1. The highest BCUT2D eigenvalue weighted by molar-refractivity contribution is 6.17. The number of ether oxygens (including phenoxy) is 2. The first-order chi connectivity index (χ1) is 12.4. The second-order valence-corrected chi connectivity index (χ2v) is 5.59. The van der Waals surface area contributed by atoms with Crippen LogP contribution >= 0.6 is 11.6 Å². The van der Waals surface area contributed by atoms with Crippen molar-refractivity contribution in [2.24, 2.45) is 0 Å². The maximum atomic E-state index is 13.6. The molecule has 0 unspecified atom stereocenters. The van der Waals surface area contributed by atoms with Crippen molar-refractivity contribution in [1.82, 2.24) is 0 Å². The third-order valence-electron chi connectivity index (χ3n) is 3.27. The minimum absolute atomic E-state index is 0.0507. The summed E-state index contributed by atoms with van der Waals surface area (Å²) in [6.45, 7) is 0. The number of alkyl halides is 1. The fourth-order valence-corrected chi connectivity index (χ4v) is 2.18. The van der Waals surface area contributed by atoms with Gasteiger partial charge in [0.2, 0.25) is 0 Å². The average molecular weight is 387 g/mol. The molecule has 0 atom stereocenters. The smallest absolute Gasteiger partial charge is 0.346 e. The topological polar surface area (TPSA) is 52.6 Å². The van der Waals surface area contributed by atoms with Crippen LogP contribution in [0.3, 0.4) is 0 Å². The van der Waals surface area contributed by atoms with Crippen LogP contribution in [0.1, 0.15) is 29.6 Å². The lowest BCUT2D eigenvalue weighted by molar-refractivity contribution is -0.134. The van der Waals surface area contributed by atoms with E-state index in [0.29, 0.717) is 24.8 Å². The molecule has 0 bridgehead atoms. The minimum atomic E-state index is -1.76. The molecule has 0 radical (unpaired) electrons. The second-order valence-electron chi connectivity index (χ2n) is 5.21. The molecule has 2 aromatic rings. The van der Waals surface area contributed by atoms with Gasteiger partial charge in [0.1, 0.15) is 11.5 Å². The molecule has 4 nitrogen and oxygen atoms in total.